The Labute approximate surface area is 103 Å². The summed E-state index contributed by atoms with van der Waals surface area (Å²) in [6.07, 6.45) is 3.75. The Morgan fingerprint density at radius 3 is 3.06 bits per heavy atom. The number of rotatable bonds is 2. The Bertz CT molecular complexity index is 419. The molecule has 2 aliphatic heterocycles. The second-order valence-electron chi connectivity index (χ2n) is 5.18. The highest BCUT2D eigenvalue weighted by Crippen LogP contribution is 2.39. The predicted molar refractivity (Wildman–Crippen MR) is 69.6 cm³/mol. The zero-order valence-corrected chi connectivity index (χ0v) is 10.4. The fraction of sp³-hybridized carbons (Fsp3) is 0.571. The summed E-state index contributed by atoms with van der Waals surface area (Å²) in [4.78, 5) is 2.54. The smallest absolute Gasteiger partial charge is 0.120 e. The Kier molecular flexibility index (Phi) is 2.71. The van der Waals surface area contributed by atoms with Crippen LogP contribution in [0, 0.1) is 5.92 Å². The molecule has 2 atom stereocenters. The molecule has 0 saturated carbocycles. The van der Waals surface area contributed by atoms with Gasteiger partial charge in [-0.1, -0.05) is 6.07 Å². The fourth-order valence-electron chi connectivity index (χ4n) is 3.17. The van der Waals surface area contributed by atoms with Crippen molar-refractivity contribution in [1.29, 1.82) is 0 Å². The molecule has 1 aromatic carbocycles. The van der Waals surface area contributed by atoms with Gasteiger partial charge in [0.15, 0.2) is 0 Å². The molecule has 0 spiro atoms. The highest BCUT2D eigenvalue weighted by Gasteiger charge is 2.34. The summed E-state index contributed by atoms with van der Waals surface area (Å²) in [5, 5.41) is 0. The molecule has 0 aliphatic carbocycles. The zero-order valence-electron chi connectivity index (χ0n) is 10.4. The summed E-state index contributed by atoms with van der Waals surface area (Å²) < 4.78 is 5.32. The molecule has 3 heteroatoms. The van der Waals surface area contributed by atoms with Gasteiger partial charge >= 0.3 is 0 Å². The molecule has 2 heterocycles. The monoisotopic (exact) mass is 232 g/mol. The van der Waals surface area contributed by atoms with E-state index in [0.29, 0.717) is 12.0 Å². The lowest BCUT2D eigenvalue weighted by Crippen LogP contribution is -2.43. The molecule has 0 aromatic heterocycles. The van der Waals surface area contributed by atoms with E-state index < -0.39 is 0 Å². The van der Waals surface area contributed by atoms with E-state index in [-0.39, 0.29) is 0 Å². The van der Waals surface area contributed by atoms with Gasteiger partial charge in [0.25, 0.3) is 0 Å². The van der Waals surface area contributed by atoms with Crippen LogP contribution >= 0.6 is 0 Å². The molecular weight excluding hydrogens is 212 g/mol. The van der Waals surface area contributed by atoms with Gasteiger partial charge in [-0.05, 0) is 43.4 Å². The normalized spacial score (nSPS) is 26.6. The number of piperidine rings is 1. The Morgan fingerprint density at radius 2 is 2.29 bits per heavy atom. The average molecular weight is 232 g/mol. The van der Waals surface area contributed by atoms with E-state index in [2.05, 4.69) is 23.1 Å². The molecule has 1 aromatic rings. The van der Waals surface area contributed by atoms with Crippen molar-refractivity contribution in [2.75, 3.05) is 25.1 Å². The third-order valence-electron chi connectivity index (χ3n) is 4.19. The first-order valence-corrected chi connectivity index (χ1v) is 6.45. The van der Waals surface area contributed by atoms with Gasteiger partial charge < -0.3 is 15.4 Å². The molecular formula is C14H20N2O. The van der Waals surface area contributed by atoms with Crippen LogP contribution in [0.4, 0.5) is 5.69 Å². The number of nitrogens with two attached hydrogens (primary N) is 1. The topological polar surface area (TPSA) is 38.5 Å². The molecule has 3 nitrogen and oxygen atoms in total. The van der Waals surface area contributed by atoms with Crippen LogP contribution in [0.2, 0.25) is 0 Å². The summed E-state index contributed by atoms with van der Waals surface area (Å²) in [5.74, 6) is 1.61. The summed E-state index contributed by atoms with van der Waals surface area (Å²) in [6, 6.07) is 7.15. The molecule has 1 saturated heterocycles. The van der Waals surface area contributed by atoms with E-state index in [0.717, 1.165) is 18.8 Å². The lowest BCUT2D eigenvalue weighted by Gasteiger charge is -2.36. The molecule has 17 heavy (non-hydrogen) atoms. The highest BCUT2D eigenvalue weighted by atomic mass is 16.5. The number of methoxy groups -OCH3 is 1. The van der Waals surface area contributed by atoms with Gasteiger partial charge in [-0.25, -0.2) is 0 Å². The first-order valence-electron chi connectivity index (χ1n) is 6.45. The van der Waals surface area contributed by atoms with Crippen molar-refractivity contribution in [2.24, 2.45) is 11.7 Å². The van der Waals surface area contributed by atoms with Crippen molar-refractivity contribution >= 4 is 5.69 Å². The number of hydrogen-bond acceptors (Lipinski definition) is 3. The fourth-order valence-corrected chi connectivity index (χ4v) is 3.17. The predicted octanol–water partition coefficient (Wildman–Crippen LogP) is 1.80. The van der Waals surface area contributed by atoms with Crippen molar-refractivity contribution in [2.45, 2.75) is 25.3 Å². The van der Waals surface area contributed by atoms with E-state index in [4.69, 9.17) is 10.5 Å². The first kappa shape index (κ1) is 10.9. The minimum Gasteiger partial charge on any atom is -0.497 e. The molecule has 0 radical (unpaired) electrons. The van der Waals surface area contributed by atoms with Crippen molar-refractivity contribution in [3.8, 4) is 5.75 Å². The molecule has 1 fully saturated rings. The molecule has 2 unspecified atom stereocenters. The molecule has 3 rings (SSSR count). The van der Waals surface area contributed by atoms with Gasteiger partial charge in [0.1, 0.15) is 5.75 Å². The van der Waals surface area contributed by atoms with Crippen LogP contribution in [-0.2, 0) is 6.42 Å². The summed E-state index contributed by atoms with van der Waals surface area (Å²) in [5.41, 5.74) is 8.64. The Hall–Kier alpha value is -1.22. The van der Waals surface area contributed by atoms with Crippen LogP contribution in [-0.4, -0.2) is 26.2 Å². The number of benzene rings is 1. The van der Waals surface area contributed by atoms with E-state index in [1.165, 1.54) is 30.5 Å². The van der Waals surface area contributed by atoms with Crippen LogP contribution in [0.25, 0.3) is 0 Å². The van der Waals surface area contributed by atoms with Gasteiger partial charge in [-0.15, -0.1) is 0 Å². The van der Waals surface area contributed by atoms with Crippen molar-refractivity contribution in [1.82, 2.24) is 0 Å². The van der Waals surface area contributed by atoms with Gasteiger partial charge in [0.05, 0.1) is 7.11 Å². The second kappa shape index (κ2) is 4.22. The molecule has 2 aliphatic rings. The van der Waals surface area contributed by atoms with Crippen molar-refractivity contribution in [3.63, 3.8) is 0 Å². The molecule has 92 valence electrons. The van der Waals surface area contributed by atoms with E-state index >= 15 is 0 Å². The van der Waals surface area contributed by atoms with Crippen LogP contribution in [0.3, 0.4) is 0 Å². The van der Waals surface area contributed by atoms with E-state index in [9.17, 15) is 0 Å². The number of ether oxygens (including phenoxy) is 1. The number of anilines is 1. The molecule has 0 amide bonds. The first-order chi connectivity index (χ1) is 8.31. The maximum absolute atomic E-state index is 5.81. The van der Waals surface area contributed by atoms with E-state index in [1.807, 2.05) is 0 Å². The second-order valence-corrected chi connectivity index (χ2v) is 5.18. The van der Waals surface area contributed by atoms with Crippen molar-refractivity contribution in [3.05, 3.63) is 23.8 Å². The zero-order chi connectivity index (χ0) is 11.8. The Balaban J connectivity index is 1.90. The third-order valence-corrected chi connectivity index (χ3v) is 4.19. The largest absolute Gasteiger partial charge is 0.497 e. The number of hydrogen-bond donors (Lipinski definition) is 1. The maximum Gasteiger partial charge on any atom is 0.120 e. The summed E-state index contributed by atoms with van der Waals surface area (Å²) in [6.45, 7) is 1.92. The minimum atomic E-state index is 0.656. The van der Waals surface area contributed by atoms with Crippen LogP contribution in [0.15, 0.2) is 18.2 Å². The SMILES string of the molecule is COc1ccc2c(c1)N1CC(CN)CCC1C2. The lowest BCUT2D eigenvalue weighted by molar-refractivity contribution is 0.371. The summed E-state index contributed by atoms with van der Waals surface area (Å²) in [7, 11) is 1.73. The van der Waals surface area contributed by atoms with Gasteiger partial charge in [-0.3, -0.25) is 0 Å². The maximum atomic E-state index is 5.81. The lowest BCUT2D eigenvalue weighted by atomic mass is 9.93. The Morgan fingerprint density at radius 1 is 1.41 bits per heavy atom. The van der Waals surface area contributed by atoms with Gasteiger partial charge in [0.2, 0.25) is 0 Å². The van der Waals surface area contributed by atoms with Crippen LogP contribution in [0.1, 0.15) is 18.4 Å². The van der Waals surface area contributed by atoms with Crippen molar-refractivity contribution < 1.29 is 4.74 Å². The van der Waals surface area contributed by atoms with E-state index in [1.54, 1.807) is 7.11 Å². The number of fused-ring (bicyclic) bond motifs is 3. The molecule has 2 N–H and O–H groups in total. The van der Waals surface area contributed by atoms with Gasteiger partial charge in [-0.2, -0.15) is 0 Å². The summed E-state index contributed by atoms with van der Waals surface area (Å²) >= 11 is 0. The standard InChI is InChI=1S/C14H20N2O/c1-17-13-5-3-11-6-12-4-2-10(8-15)9-16(12)14(11)7-13/h3,5,7,10,12H,2,4,6,8-9,15H2,1H3. The average Bonchev–Trinajstić information content (AvgIpc) is 2.75. The van der Waals surface area contributed by atoms with Crippen LogP contribution < -0.4 is 15.4 Å². The molecule has 0 bridgehead atoms. The number of nitrogens with zero attached hydrogens (tertiary/aromatic N) is 1. The minimum absolute atomic E-state index is 0.656. The highest BCUT2D eigenvalue weighted by molar-refractivity contribution is 5.62. The third kappa shape index (κ3) is 1.78. The van der Waals surface area contributed by atoms with Crippen LogP contribution in [0.5, 0.6) is 5.75 Å². The van der Waals surface area contributed by atoms with Gasteiger partial charge in [0, 0.05) is 24.3 Å². The quantitative estimate of drug-likeness (QED) is 0.845.